The van der Waals surface area contributed by atoms with Crippen LogP contribution in [0.4, 0.5) is 0 Å². The molecule has 0 saturated carbocycles. The van der Waals surface area contributed by atoms with Gasteiger partial charge >= 0.3 is 0 Å². The highest BCUT2D eigenvalue weighted by molar-refractivity contribution is 5.89. The Morgan fingerprint density at radius 2 is 1.72 bits per heavy atom. The summed E-state index contributed by atoms with van der Waals surface area (Å²) in [7, 11) is 0. The highest BCUT2D eigenvalue weighted by Gasteiger charge is 2.39. The zero-order valence-electron chi connectivity index (χ0n) is 19.3. The van der Waals surface area contributed by atoms with Gasteiger partial charge < -0.3 is 19.4 Å². The summed E-state index contributed by atoms with van der Waals surface area (Å²) in [4.78, 5) is 45.3. The van der Waals surface area contributed by atoms with Crippen molar-refractivity contribution < 1.29 is 19.1 Å². The molecule has 7 nitrogen and oxygen atoms in total. The molecule has 3 aliphatic heterocycles. The van der Waals surface area contributed by atoms with E-state index in [1.54, 1.807) is 4.90 Å². The van der Waals surface area contributed by atoms with E-state index in [4.69, 9.17) is 4.74 Å². The molecule has 2 fully saturated rings. The molecule has 3 aliphatic rings. The minimum atomic E-state index is -0.492. The van der Waals surface area contributed by atoms with Gasteiger partial charge in [-0.3, -0.25) is 14.4 Å². The lowest BCUT2D eigenvalue weighted by Crippen LogP contribution is -2.56. The normalized spacial score (nSPS) is 23.8. The Labute approximate surface area is 190 Å². The van der Waals surface area contributed by atoms with Gasteiger partial charge in [-0.05, 0) is 29.9 Å². The molecule has 0 N–H and O–H groups in total. The van der Waals surface area contributed by atoms with Crippen LogP contribution in [0.1, 0.15) is 44.2 Å². The Balaban J connectivity index is 1.50. The van der Waals surface area contributed by atoms with Gasteiger partial charge in [0.05, 0.1) is 19.1 Å². The van der Waals surface area contributed by atoms with Gasteiger partial charge in [0.2, 0.25) is 17.7 Å². The fourth-order valence-electron chi connectivity index (χ4n) is 5.10. The monoisotopic (exact) mass is 441 g/mol. The van der Waals surface area contributed by atoms with Crippen LogP contribution in [-0.4, -0.2) is 77.9 Å². The molecule has 1 aromatic rings. The number of fused-ring (bicyclic) bond motifs is 1. The van der Waals surface area contributed by atoms with Gasteiger partial charge in [-0.25, -0.2) is 0 Å². The van der Waals surface area contributed by atoms with E-state index in [1.807, 2.05) is 41.8 Å². The molecular weight excluding hydrogens is 406 g/mol. The lowest BCUT2D eigenvalue weighted by molar-refractivity contribution is -0.151. The van der Waals surface area contributed by atoms with Crippen molar-refractivity contribution in [2.24, 2.45) is 11.8 Å². The summed E-state index contributed by atoms with van der Waals surface area (Å²) in [6.07, 6.45) is 2.60. The summed E-state index contributed by atoms with van der Waals surface area (Å²) in [6, 6.07) is 7.58. The highest BCUT2D eigenvalue weighted by Crippen LogP contribution is 2.28. The molecule has 7 heteroatoms. The van der Waals surface area contributed by atoms with Gasteiger partial charge in [-0.15, -0.1) is 0 Å². The van der Waals surface area contributed by atoms with E-state index in [0.29, 0.717) is 58.8 Å². The molecule has 2 atom stereocenters. The molecule has 0 aliphatic carbocycles. The van der Waals surface area contributed by atoms with Gasteiger partial charge in [-0.1, -0.05) is 38.1 Å². The molecule has 3 amide bonds. The predicted octanol–water partition coefficient (Wildman–Crippen LogP) is 2.08. The first-order valence-corrected chi connectivity index (χ1v) is 12.0. The van der Waals surface area contributed by atoms with Crippen LogP contribution in [0.2, 0.25) is 0 Å². The van der Waals surface area contributed by atoms with E-state index >= 15 is 0 Å². The third-order valence-electron chi connectivity index (χ3n) is 6.84. The van der Waals surface area contributed by atoms with Crippen LogP contribution < -0.4 is 0 Å². The molecule has 4 rings (SSSR count). The maximum absolute atomic E-state index is 13.7. The number of rotatable bonds is 4. The van der Waals surface area contributed by atoms with Crippen molar-refractivity contribution in [3.63, 3.8) is 0 Å². The lowest BCUT2D eigenvalue weighted by Gasteiger charge is -2.41. The number of carbonyl (C=O) groups is 3. The third kappa shape index (κ3) is 4.98. The van der Waals surface area contributed by atoms with Crippen LogP contribution in [0.25, 0.3) is 0 Å². The van der Waals surface area contributed by atoms with Crippen molar-refractivity contribution in [3.8, 4) is 0 Å². The summed E-state index contributed by atoms with van der Waals surface area (Å²) in [5.74, 6) is 0.219. The first kappa shape index (κ1) is 22.8. The van der Waals surface area contributed by atoms with Crippen molar-refractivity contribution in [2.45, 2.75) is 52.1 Å². The first-order chi connectivity index (χ1) is 15.4. The summed E-state index contributed by atoms with van der Waals surface area (Å²) in [6.45, 7) is 8.03. The van der Waals surface area contributed by atoms with Crippen LogP contribution in [0, 0.1) is 11.8 Å². The predicted molar refractivity (Wildman–Crippen MR) is 121 cm³/mol. The summed E-state index contributed by atoms with van der Waals surface area (Å²) in [5, 5.41) is 0. The smallest absolute Gasteiger partial charge is 0.245 e. The van der Waals surface area contributed by atoms with Crippen LogP contribution in [0.5, 0.6) is 0 Å². The average Bonchev–Trinajstić information content (AvgIpc) is 2.82. The number of hydrogen-bond donors (Lipinski definition) is 0. The number of benzene rings is 1. The van der Waals surface area contributed by atoms with Crippen molar-refractivity contribution in [1.82, 2.24) is 14.7 Å². The zero-order chi connectivity index (χ0) is 22.7. The van der Waals surface area contributed by atoms with E-state index in [1.165, 1.54) is 0 Å². The van der Waals surface area contributed by atoms with Gasteiger partial charge in [-0.2, -0.15) is 0 Å². The summed E-state index contributed by atoms with van der Waals surface area (Å²) < 4.78 is 5.37. The van der Waals surface area contributed by atoms with Crippen LogP contribution >= 0.6 is 0 Å². The SMILES string of the molecule is CC(C)CC(=O)N1Cc2ccccc2CC1C(=O)N1CCCC(C(=O)N2CCOCC2)C1. The fraction of sp³-hybridized carbons (Fsp3) is 0.640. The van der Waals surface area contributed by atoms with Gasteiger partial charge in [0.25, 0.3) is 0 Å². The van der Waals surface area contributed by atoms with E-state index in [0.717, 1.165) is 24.0 Å². The summed E-state index contributed by atoms with van der Waals surface area (Å²) in [5.41, 5.74) is 2.25. The number of nitrogens with zero attached hydrogens (tertiary/aromatic N) is 3. The molecule has 2 unspecified atom stereocenters. The number of hydrogen-bond acceptors (Lipinski definition) is 4. The summed E-state index contributed by atoms with van der Waals surface area (Å²) >= 11 is 0. The molecule has 174 valence electrons. The second-order valence-electron chi connectivity index (χ2n) is 9.67. The Kier molecular flexibility index (Phi) is 7.13. The molecule has 0 bridgehead atoms. The third-order valence-corrected chi connectivity index (χ3v) is 6.84. The van der Waals surface area contributed by atoms with E-state index in [2.05, 4.69) is 6.07 Å². The van der Waals surface area contributed by atoms with Crippen molar-refractivity contribution in [1.29, 1.82) is 0 Å². The Bertz CT molecular complexity index is 849. The maximum atomic E-state index is 13.7. The number of morpholine rings is 1. The lowest BCUT2D eigenvalue weighted by atomic mass is 9.90. The van der Waals surface area contributed by atoms with Crippen molar-refractivity contribution in [3.05, 3.63) is 35.4 Å². The molecular formula is C25H35N3O4. The Morgan fingerprint density at radius 3 is 2.44 bits per heavy atom. The molecule has 1 aromatic carbocycles. The molecule has 3 heterocycles. The average molecular weight is 442 g/mol. The van der Waals surface area contributed by atoms with Crippen LogP contribution in [0.15, 0.2) is 24.3 Å². The zero-order valence-corrected chi connectivity index (χ0v) is 19.3. The minimum absolute atomic E-state index is 0.0175. The van der Waals surface area contributed by atoms with Crippen molar-refractivity contribution >= 4 is 17.7 Å². The number of ether oxygens (including phenoxy) is 1. The van der Waals surface area contributed by atoms with Gasteiger partial charge in [0.1, 0.15) is 6.04 Å². The topological polar surface area (TPSA) is 70.2 Å². The number of likely N-dealkylation sites (tertiary alicyclic amines) is 1. The molecule has 32 heavy (non-hydrogen) atoms. The van der Waals surface area contributed by atoms with Crippen LogP contribution in [0.3, 0.4) is 0 Å². The minimum Gasteiger partial charge on any atom is -0.378 e. The van der Waals surface area contributed by atoms with Crippen LogP contribution in [-0.2, 0) is 32.1 Å². The Hall–Kier alpha value is -2.41. The largest absolute Gasteiger partial charge is 0.378 e. The molecule has 0 radical (unpaired) electrons. The number of piperidine rings is 1. The van der Waals surface area contributed by atoms with E-state index < -0.39 is 6.04 Å². The molecule has 0 spiro atoms. The second kappa shape index (κ2) is 10.0. The second-order valence-corrected chi connectivity index (χ2v) is 9.67. The van der Waals surface area contributed by atoms with Gasteiger partial charge in [0.15, 0.2) is 0 Å². The fourth-order valence-corrected chi connectivity index (χ4v) is 5.10. The molecule has 2 saturated heterocycles. The highest BCUT2D eigenvalue weighted by atomic mass is 16.5. The van der Waals surface area contributed by atoms with E-state index in [9.17, 15) is 14.4 Å². The standard InChI is InChI=1S/C25H35N3O4/c1-18(2)14-23(29)28-17-20-7-4-3-6-19(20)15-22(28)25(31)27-9-5-8-21(16-27)24(30)26-10-12-32-13-11-26/h3-4,6-7,18,21-22H,5,8-17H2,1-2H3. The number of amides is 3. The van der Waals surface area contributed by atoms with Gasteiger partial charge in [0, 0.05) is 45.6 Å². The van der Waals surface area contributed by atoms with Crippen molar-refractivity contribution in [2.75, 3.05) is 39.4 Å². The maximum Gasteiger partial charge on any atom is 0.245 e. The quantitative estimate of drug-likeness (QED) is 0.717. The van der Waals surface area contributed by atoms with E-state index in [-0.39, 0.29) is 29.6 Å². The molecule has 0 aromatic heterocycles. The Morgan fingerprint density at radius 1 is 1.00 bits per heavy atom. The number of carbonyl (C=O) groups excluding carboxylic acids is 3. The first-order valence-electron chi connectivity index (χ1n) is 12.0.